The molecule has 2 unspecified atom stereocenters. The summed E-state index contributed by atoms with van der Waals surface area (Å²) in [6, 6.07) is -1.31. The molecule has 20 heavy (non-hydrogen) atoms. The van der Waals surface area contributed by atoms with Crippen LogP contribution in [0, 0.1) is 12.8 Å². The van der Waals surface area contributed by atoms with Crippen LogP contribution < -0.4 is 10.6 Å². The molecule has 0 saturated carbocycles. The minimum absolute atomic E-state index is 0.112. The smallest absolute Gasteiger partial charge is 0.326 e. The molecular weight excluding hydrogens is 278 g/mol. The van der Waals surface area contributed by atoms with E-state index in [1.807, 2.05) is 19.2 Å². The molecule has 1 heterocycles. The first-order valence-corrected chi connectivity index (χ1v) is 7.50. The molecule has 0 spiro atoms. The highest BCUT2D eigenvalue weighted by Crippen LogP contribution is 2.08. The van der Waals surface area contributed by atoms with Gasteiger partial charge >= 0.3 is 12.0 Å². The number of amides is 2. The van der Waals surface area contributed by atoms with Gasteiger partial charge in [0.2, 0.25) is 0 Å². The fraction of sp³-hybridized carbons (Fsp3) is 0.615. The molecule has 0 radical (unpaired) electrons. The third-order valence-corrected chi connectivity index (χ3v) is 3.92. The second-order valence-corrected chi connectivity index (χ2v) is 5.77. The maximum Gasteiger partial charge on any atom is 0.326 e. The summed E-state index contributed by atoms with van der Waals surface area (Å²) >= 11 is 1.57. The molecule has 3 N–H and O–H groups in total. The molecule has 1 rings (SSSR count). The van der Waals surface area contributed by atoms with E-state index in [9.17, 15) is 9.59 Å². The van der Waals surface area contributed by atoms with E-state index in [2.05, 4.69) is 15.6 Å². The van der Waals surface area contributed by atoms with Crippen molar-refractivity contribution in [1.29, 1.82) is 0 Å². The monoisotopic (exact) mass is 299 g/mol. The molecule has 0 fully saturated rings. The fourth-order valence-electron chi connectivity index (χ4n) is 1.70. The maximum atomic E-state index is 11.7. The summed E-state index contributed by atoms with van der Waals surface area (Å²) in [7, 11) is 0. The second-order valence-electron chi connectivity index (χ2n) is 4.71. The summed E-state index contributed by atoms with van der Waals surface area (Å²) in [6.45, 7) is 6.06. The van der Waals surface area contributed by atoms with Gasteiger partial charge in [-0.25, -0.2) is 14.6 Å². The van der Waals surface area contributed by atoms with Crippen LogP contribution in [0.1, 0.15) is 31.0 Å². The lowest BCUT2D eigenvalue weighted by atomic mass is 9.99. The lowest BCUT2D eigenvalue weighted by molar-refractivity contribution is -0.140. The van der Waals surface area contributed by atoms with Crippen molar-refractivity contribution in [3.05, 3.63) is 16.1 Å². The highest BCUT2D eigenvalue weighted by Gasteiger charge is 2.24. The normalized spacial score (nSPS) is 13.6. The predicted octanol–water partition coefficient (Wildman–Crippen LogP) is 1.79. The van der Waals surface area contributed by atoms with Gasteiger partial charge in [0.05, 0.1) is 10.7 Å². The maximum absolute atomic E-state index is 11.7. The van der Waals surface area contributed by atoms with Crippen molar-refractivity contribution in [2.75, 3.05) is 6.54 Å². The molecule has 1 aromatic heterocycles. The van der Waals surface area contributed by atoms with Gasteiger partial charge in [0.1, 0.15) is 6.04 Å². The van der Waals surface area contributed by atoms with Gasteiger partial charge in [0.15, 0.2) is 0 Å². The summed E-state index contributed by atoms with van der Waals surface area (Å²) in [5, 5.41) is 17.2. The van der Waals surface area contributed by atoms with Crippen molar-refractivity contribution < 1.29 is 14.7 Å². The summed E-state index contributed by atoms with van der Waals surface area (Å²) in [6.07, 6.45) is 1.33. The zero-order valence-electron chi connectivity index (χ0n) is 12.0. The van der Waals surface area contributed by atoms with Crippen LogP contribution in [0.4, 0.5) is 4.79 Å². The Hall–Kier alpha value is -1.63. The van der Waals surface area contributed by atoms with Gasteiger partial charge in [0.25, 0.3) is 0 Å². The predicted molar refractivity (Wildman–Crippen MR) is 78.0 cm³/mol. The Bertz CT molecular complexity index is 461. The number of urea groups is 1. The van der Waals surface area contributed by atoms with Gasteiger partial charge in [-0.1, -0.05) is 20.3 Å². The van der Waals surface area contributed by atoms with Crippen molar-refractivity contribution in [3.8, 4) is 0 Å². The lowest BCUT2D eigenvalue weighted by Crippen LogP contribution is -2.49. The van der Waals surface area contributed by atoms with Crippen molar-refractivity contribution >= 4 is 23.3 Å². The van der Waals surface area contributed by atoms with E-state index in [-0.39, 0.29) is 5.92 Å². The molecule has 0 bridgehead atoms. The van der Waals surface area contributed by atoms with Gasteiger partial charge in [-0.2, -0.15) is 0 Å². The number of aliphatic carboxylic acids is 1. The Kier molecular flexibility index (Phi) is 6.44. The molecule has 2 atom stereocenters. The molecule has 0 aliphatic carbocycles. The number of aromatic nitrogens is 1. The number of hydrogen-bond acceptors (Lipinski definition) is 4. The minimum Gasteiger partial charge on any atom is -0.480 e. The Labute approximate surface area is 122 Å². The highest BCUT2D eigenvalue weighted by atomic mass is 32.1. The van der Waals surface area contributed by atoms with Gasteiger partial charge in [-0.05, 0) is 12.8 Å². The summed E-state index contributed by atoms with van der Waals surface area (Å²) in [5.41, 5.74) is 0.935. The van der Waals surface area contributed by atoms with E-state index in [0.717, 1.165) is 10.7 Å². The van der Waals surface area contributed by atoms with Gasteiger partial charge in [-0.3, -0.25) is 0 Å². The number of hydrogen-bond donors (Lipinski definition) is 3. The minimum atomic E-state index is -1.01. The van der Waals surface area contributed by atoms with Gasteiger partial charge < -0.3 is 15.7 Å². The molecule has 2 amide bonds. The summed E-state index contributed by atoms with van der Waals surface area (Å²) < 4.78 is 0. The van der Waals surface area contributed by atoms with Crippen molar-refractivity contribution in [1.82, 2.24) is 15.6 Å². The van der Waals surface area contributed by atoms with Gasteiger partial charge in [0, 0.05) is 18.3 Å². The number of thiazole rings is 1. The molecular formula is C13H21N3O3S. The lowest BCUT2D eigenvalue weighted by Gasteiger charge is -2.20. The number of carboxylic acid groups (broad SMARTS) is 1. The summed E-state index contributed by atoms with van der Waals surface area (Å²) in [5.74, 6) is -1.12. The first kappa shape index (κ1) is 16.4. The van der Waals surface area contributed by atoms with E-state index in [1.54, 1.807) is 18.3 Å². The molecule has 112 valence electrons. The molecule has 6 nitrogen and oxygen atoms in total. The molecule has 0 aliphatic heterocycles. The van der Waals surface area contributed by atoms with E-state index in [0.29, 0.717) is 19.4 Å². The van der Waals surface area contributed by atoms with Crippen LogP contribution >= 0.6 is 11.3 Å². The van der Waals surface area contributed by atoms with Gasteiger partial charge in [-0.15, -0.1) is 11.3 Å². The number of rotatable bonds is 7. The highest BCUT2D eigenvalue weighted by molar-refractivity contribution is 7.09. The van der Waals surface area contributed by atoms with E-state index in [4.69, 9.17) is 5.11 Å². The van der Waals surface area contributed by atoms with Crippen molar-refractivity contribution in [2.24, 2.45) is 5.92 Å². The first-order chi connectivity index (χ1) is 9.43. The van der Waals surface area contributed by atoms with Crippen molar-refractivity contribution in [3.63, 3.8) is 0 Å². The Morgan fingerprint density at radius 1 is 1.50 bits per heavy atom. The number of carbonyl (C=O) groups excluding carboxylic acids is 1. The van der Waals surface area contributed by atoms with Crippen LogP contribution in [0.5, 0.6) is 0 Å². The molecule has 1 aromatic rings. The van der Waals surface area contributed by atoms with Crippen LogP contribution in [-0.4, -0.2) is 34.7 Å². The van der Waals surface area contributed by atoms with E-state index < -0.39 is 18.0 Å². The molecule has 7 heteroatoms. The standard InChI is InChI=1S/C13H21N3O3S/c1-4-8(2)11(12(17)18)16-13(19)14-6-5-10-7-20-9(3)15-10/h7-8,11H,4-6H2,1-3H3,(H,17,18)(H2,14,16,19). The van der Waals surface area contributed by atoms with Crippen LogP contribution in [0.15, 0.2) is 5.38 Å². The first-order valence-electron chi connectivity index (χ1n) is 6.62. The third-order valence-electron chi connectivity index (χ3n) is 3.10. The third kappa shape index (κ3) is 5.16. The van der Waals surface area contributed by atoms with E-state index >= 15 is 0 Å². The second kappa shape index (κ2) is 7.84. The Balaban J connectivity index is 2.36. The number of nitrogens with zero attached hydrogens (tertiary/aromatic N) is 1. The Morgan fingerprint density at radius 2 is 2.20 bits per heavy atom. The van der Waals surface area contributed by atoms with Crippen LogP contribution in [0.25, 0.3) is 0 Å². The number of carboxylic acids is 1. The largest absolute Gasteiger partial charge is 0.480 e. The SMILES string of the molecule is CCC(C)C(NC(=O)NCCc1csc(C)n1)C(=O)O. The van der Waals surface area contributed by atoms with E-state index in [1.165, 1.54) is 0 Å². The topological polar surface area (TPSA) is 91.3 Å². The molecule has 0 aromatic carbocycles. The average Bonchev–Trinajstić information content (AvgIpc) is 2.80. The molecule has 0 aliphatic rings. The fourth-order valence-corrected chi connectivity index (χ4v) is 2.35. The van der Waals surface area contributed by atoms with Crippen LogP contribution in [-0.2, 0) is 11.2 Å². The quantitative estimate of drug-likeness (QED) is 0.716. The number of aryl methyl sites for hydroxylation is 1. The van der Waals surface area contributed by atoms with Crippen LogP contribution in [0.3, 0.4) is 0 Å². The number of carbonyl (C=O) groups is 2. The summed E-state index contributed by atoms with van der Waals surface area (Å²) in [4.78, 5) is 27.0. The Morgan fingerprint density at radius 3 is 2.70 bits per heavy atom. The zero-order valence-corrected chi connectivity index (χ0v) is 12.8. The van der Waals surface area contributed by atoms with Crippen molar-refractivity contribution in [2.45, 2.75) is 39.7 Å². The van der Waals surface area contributed by atoms with Crippen LogP contribution in [0.2, 0.25) is 0 Å². The zero-order chi connectivity index (χ0) is 15.1. The average molecular weight is 299 g/mol. The molecule has 0 saturated heterocycles. The number of nitrogens with one attached hydrogen (secondary N) is 2.